The van der Waals surface area contributed by atoms with Crippen molar-refractivity contribution in [1.29, 1.82) is 0 Å². The summed E-state index contributed by atoms with van der Waals surface area (Å²) in [6.07, 6.45) is 1.65. The van der Waals surface area contributed by atoms with E-state index in [0.717, 1.165) is 40.6 Å². The molecule has 0 saturated carbocycles. The Morgan fingerprint density at radius 1 is 1.00 bits per heavy atom. The van der Waals surface area contributed by atoms with Gasteiger partial charge in [0, 0.05) is 35.5 Å². The summed E-state index contributed by atoms with van der Waals surface area (Å²) in [4.78, 5) is 35.2. The molecule has 1 N–H and O–H groups in total. The fourth-order valence-corrected chi connectivity index (χ4v) is 6.52. The van der Waals surface area contributed by atoms with Crippen LogP contribution >= 0.6 is 0 Å². The second kappa shape index (κ2) is 10.4. The maximum atomic E-state index is 14.3. The number of aromatic amines is 1. The summed E-state index contributed by atoms with van der Waals surface area (Å²) >= 11 is 0. The summed E-state index contributed by atoms with van der Waals surface area (Å²) in [5, 5.41) is 1.05. The molecular weight excluding hydrogens is 502 g/mol. The third kappa shape index (κ3) is 4.12. The number of aromatic nitrogens is 1. The molecule has 0 bridgehead atoms. The third-order valence-corrected chi connectivity index (χ3v) is 8.45. The first-order chi connectivity index (χ1) is 19.5. The number of aryl methyl sites for hydroxylation is 1. The van der Waals surface area contributed by atoms with Crippen molar-refractivity contribution in [3.63, 3.8) is 0 Å². The van der Waals surface area contributed by atoms with Crippen molar-refractivity contribution in [3.05, 3.63) is 95.2 Å². The number of nitrogens with one attached hydrogen (secondary N) is 1. The van der Waals surface area contributed by atoms with E-state index in [2.05, 4.69) is 23.2 Å². The van der Waals surface area contributed by atoms with Crippen molar-refractivity contribution in [1.82, 2.24) is 14.8 Å². The molecule has 1 saturated heterocycles. The smallest absolute Gasteiger partial charge is 0.254 e. The van der Waals surface area contributed by atoms with E-state index in [1.165, 1.54) is 5.56 Å². The van der Waals surface area contributed by atoms with Crippen molar-refractivity contribution in [2.45, 2.75) is 38.1 Å². The number of nitrogens with zero attached hydrogens (tertiary/aromatic N) is 2. The lowest BCUT2D eigenvalue weighted by atomic mass is 9.76. The van der Waals surface area contributed by atoms with Gasteiger partial charge in [0.2, 0.25) is 5.91 Å². The number of hydrogen-bond donors (Lipinski definition) is 1. The Hall–Kier alpha value is -4.26. The molecule has 1 unspecified atom stereocenters. The fraction of sp³-hybridized carbons (Fsp3) is 0.333. The van der Waals surface area contributed by atoms with Crippen LogP contribution in [0.15, 0.2) is 72.8 Å². The number of ether oxygens (including phenoxy) is 2. The van der Waals surface area contributed by atoms with E-state index in [0.29, 0.717) is 31.2 Å². The minimum atomic E-state index is -1.13. The third-order valence-electron chi connectivity index (χ3n) is 8.45. The Bertz CT molecular complexity index is 1560. The zero-order valence-electron chi connectivity index (χ0n) is 23.3. The highest BCUT2D eigenvalue weighted by molar-refractivity contribution is 6.01. The van der Waals surface area contributed by atoms with E-state index in [-0.39, 0.29) is 24.3 Å². The lowest BCUT2D eigenvalue weighted by Crippen LogP contribution is -2.67. The highest BCUT2D eigenvalue weighted by Gasteiger charge is 2.56. The number of piperazine rings is 1. The van der Waals surface area contributed by atoms with E-state index in [4.69, 9.17) is 9.47 Å². The first kappa shape index (κ1) is 26.0. The molecule has 2 atom stereocenters. The molecule has 40 heavy (non-hydrogen) atoms. The number of para-hydroxylation sites is 2. The molecule has 6 rings (SSSR count). The standard InChI is InChI=1S/C33H35N3O4/c1-4-40-30-23(16-10-18-27(30)39-3)25-20-36-28(37)21-35(19-11-14-22-12-6-5-7-13-22)32(38)33(36,2)31-29(25)24-15-8-9-17-26(24)34-31/h5-10,12-13,15-18,25,34H,4,11,14,19-21H2,1-3H3/t25?,33-/m0/s1. The van der Waals surface area contributed by atoms with Crippen LogP contribution in [-0.2, 0) is 21.5 Å². The molecule has 4 aromatic rings. The first-order valence-electron chi connectivity index (χ1n) is 14.0. The summed E-state index contributed by atoms with van der Waals surface area (Å²) < 4.78 is 11.8. The Morgan fingerprint density at radius 2 is 1.77 bits per heavy atom. The molecule has 7 heteroatoms. The first-order valence-corrected chi connectivity index (χ1v) is 14.0. The average molecular weight is 538 g/mol. The van der Waals surface area contributed by atoms with Gasteiger partial charge in [-0.25, -0.2) is 0 Å². The van der Waals surface area contributed by atoms with Crippen LogP contribution in [0.3, 0.4) is 0 Å². The van der Waals surface area contributed by atoms with Crippen molar-refractivity contribution in [2.24, 2.45) is 0 Å². The molecule has 2 amide bonds. The van der Waals surface area contributed by atoms with Gasteiger partial charge in [-0.2, -0.15) is 0 Å². The molecule has 0 aliphatic carbocycles. The SMILES string of the molecule is CCOc1c(OC)cccc1C1CN2C(=O)CN(CCCc3ccccc3)C(=O)[C@]2(C)c2[nH]c3ccccc3c21. The lowest BCUT2D eigenvalue weighted by molar-refractivity contribution is -0.166. The zero-order chi connectivity index (χ0) is 27.9. The number of H-pyrrole nitrogens is 1. The Morgan fingerprint density at radius 3 is 2.55 bits per heavy atom. The Labute approximate surface area is 234 Å². The molecule has 206 valence electrons. The molecule has 0 spiro atoms. The number of benzene rings is 3. The normalized spacial score (nSPS) is 20.4. The summed E-state index contributed by atoms with van der Waals surface area (Å²) in [6, 6.07) is 24.3. The molecular formula is C33H35N3O4. The van der Waals surface area contributed by atoms with Crippen molar-refractivity contribution >= 4 is 22.7 Å². The Balaban J connectivity index is 1.43. The average Bonchev–Trinajstić information content (AvgIpc) is 3.38. The van der Waals surface area contributed by atoms with Gasteiger partial charge in [0.15, 0.2) is 17.0 Å². The van der Waals surface area contributed by atoms with Gasteiger partial charge in [-0.15, -0.1) is 0 Å². The molecule has 0 radical (unpaired) electrons. The van der Waals surface area contributed by atoms with Crippen molar-refractivity contribution in [3.8, 4) is 11.5 Å². The van der Waals surface area contributed by atoms with Gasteiger partial charge in [-0.1, -0.05) is 60.7 Å². The summed E-state index contributed by atoms with van der Waals surface area (Å²) in [5.41, 5.74) is 3.81. The van der Waals surface area contributed by atoms with E-state index in [1.807, 2.05) is 68.4 Å². The highest BCUT2D eigenvalue weighted by atomic mass is 16.5. The van der Waals surface area contributed by atoms with Gasteiger partial charge in [0.05, 0.1) is 26.0 Å². The molecule has 7 nitrogen and oxygen atoms in total. The number of rotatable bonds is 8. The number of hydrogen-bond acceptors (Lipinski definition) is 4. The van der Waals surface area contributed by atoms with Crippen LogP contribution in [0.25, 0.3) is 10.9 Å². The van der Waals surface area contributed by atoms with Gasteiger partial charge in [-0.3, -0.25) is 9.59 Å². The molecule has 2 aliphatic rings. The second-order valence-corrected chi connectivity index (χ2v) is 10.7. The summed E-state index contributed by atoms with van der Waals surface area (Å²) in [7, 11) is 1.63. The van der Waals surface area contributed by atoms with Crippen molar-refractivity contribution < 1.29 is 19.1 Å². The van der Waals surface area contributed by atoms with Gasteiger partial charge >= 0.3 is 0 Å². The number of fused-ring (bicyclic) bond motifs is 5. The molecule has 3 aromatic carbocycles. The molecule has 2 aliphatic heterocycles. The predicted molar refractivity (Wildman–Crippen MR) is 155 cm³/mol. The number of carbonyl (C=O) groups excluding carboxylic acids is 2. The van der Waals surface area contributed by atoms with Crippen LogP contribution in [-0.4, -0.2) is 59.9 Å². The summed E-state index contributed by atoms with van der Waals surface area (Å²) in [6.45, 7) is 5.33. The van der Waals surface area contributed by atoms with E-state index < -0.39 is 5.54 Å². The van der Waals surface area contributed by atoms with E-state index in [9.17, 15) is 9.59 Å². The number of methoxy groups -OCH3 is 1. The van der Waals surface area contributed by atoms with Crippen LogP contribution in [0.1, 0.15) is 48.6 Å². The van der Waals surface area contributed by atoms with Crippen LogP contribution in [0, 0.1) is 0 Å². The van der Waals surface area contributed by atoms with E-state index >= 15 is 0 Å². The van der Waals surface area contributed by atoms with Crippen LogP contribution < -0.4 is 9.47 Å². The quantitative estimate of drug-likeness (QED) is 0.334. The van der Waals surface area contributed by atoms with Gasteiger partial charge in [0.25, 0.3) is 5.91 Å². The van der Waals surface area contributed by atoms with Crippen LogP contribution in [0.2, 0.25) is 0 Å². The minimum Gasteiger partial charge on any atom is -0.493 e. The number of carbonyl (C=O) groups is 2. The predicted octanol–water partition coefficient (Wildman–Crippen LogP) is 5.24. The van der Waals surface area contributed by atoms with Gasteiger partial charge in [-0.05, 0) is 49.9 Å². The largest absolute Gasteiger partial charge is 0.493 e. The fourth-order valence-electron chi connectivity index (χ4n) is 6.52. The molecule has 1 aromatic heterocycles. The van der Waals surface area contributed by atoms with Crippen molar-refractivity contribution in [2.75, 3.05) is 33.4 Å². The molecule has 3 heterocycles. The van der Waals surface area contributed by atoms with E-state index in [1.54, 1.807) is 16.9 Å². The number of amides is 2. The maximum absolute atomic E-state index is 14.3. The zero-order valence-corrected chi connectivity index (χ0v) is 23.3. The summed E-state index contributed by atoms with van der Waals surface area (Å²) in [5.74, 6) is 1.05. The van der Waals surface area contributed by atoms with Crippen LogP contribution in [0.5, 0.6) is 11.5 Å². The lowest BCUT2D eigenvalue weighted by Gasteiger charge is -2.51. The minimum absolute atomic E-state index is 0.0397. The topological polar surface area (TPSA) is 74.9 Å². The van der Waals surface area contributed by atoms with Gasteiger partial charge < -0.3 is 24.3 Å². The van der Waals surface area contributed by atoms with Gasteiger partial charge in [0.1, 0.15) is 0 Å². The molecule has 1 fully saturated rings. The maximum Gasteiger partial charge on any atom is 0.254 e. The Kier molecular flexibility index (Phi) is 6.74. The van der Waals surface area contributed by atoms with Crippen LogP contribution in [0.4, 0.5) is 0 Å². The second-order valence-electron chi connectivity index (χ2n) is 10.7. The highest BCUT2D eigenvalue weighted by Crippen LogP contribution is 2.50. The monoisotopic (exact) mass is 537 g/mol.